The second kappa shape index (κ2) is 2.83. The Kier molecular flexibility index (Phi) is 1.60. The van der Waals surface area contributed by atoms with Crippen LogP contribution in [0, 0.1) is 13.8 Å². The van der Waals surface area contributed by atoms with E-state index in [0.29, 0.717) is 0 Å². The molecule has 1 aromatic carbocycles. The largest absolute Gasteiger partial charge is 0.298 e. The van der Waals surface area contributed by atoms with Gasteiger partial charge >= 0.3 is 0 Å². The standard InChI is InChI=1S/C13H12N2/c1-9-7-10(2)15-12-6-4-3-5-11(12)8-13(15)14-9/h3-8H,1-2H3. The fourth-order valence-corrected chi connectivity index (χ4v) is 2.17. The Morgan fingerprint density at radius 2 is 1.87 bits per heavy atom. The minimum Gasteiger partial charge on any atom is -0.298 e. The number of fused-ring (bicyclic) bond motifs is 3. The molecule has 74 valence electrons. The molecule has 0 amide bonds. The molecule has 0 saturated carbocycles. The van der Waals surface area contributed by atoms with Gasteiger partial charge in [-0.1, -0.05) is 18.2 Å². The average molecular weight is 196 g/mol. The van der Waals surface area contributed by atoms with Crippen molar-refractivity contribution in [3.05, 3.63) is 47.8 Å². The summed E-state index contributed by atoms with van der Waals surface area (Å²) in [6, 6.07) is 12.6. The van der Waals surface area contributed by atoms with Gasteiger partial charge in [0.1, 0.15) is 5.65 Å². The highest BCUT2D eigenvalue weighted by molar-refractivity contribution is 5.86. The highest BCUT2D eigenvalue weighted by Crippen LogP contribution is 2.20. The molecule has 15 heavy (non-hydrogen) atoms. The molecule has 2 heteroatoms. The van der Waals surface area contributed by atoms with Crippen LogP contribution in [0.2, 0.25) is 0 Å². The van der Waals surface area contributed by atoms with E-state index in [1.54, 1.807) is 0 Å². The molecule has 2 aromatic heterocycles. The van der Waals surface area contributed by atoms with Crippen molar-refractivity contribution >= 4 is 16.6 Å². The Morgan fingerprint density at radius 3 is 2.73 bits per heavy atom. The van der Waals surface area contributed by atoms with Gasteiger partial charge in [-0.3, -0.25) is 4.40 Å². The van der Waals surface area contributed by atoms with Crippen molar-refractivity contribution in [3.63, 3.8) is 0 Å². The van der Waals surface area contributed by atoms with Crippen molar-refractivity contribution in [1.82, 2.24) is 9.38 Å². The summed E-state index contributed by atoms with van der Waals surface area (Å²) in [5, 5.41) is 1.25. The van der Waals surface area contributed by atoms with Crippen molar-refractivity contribution in [2.75, 3.05) is 0 Å². The number of rotatable bonds is 0. The van der Waals surface area contributed by atoms with Gasteiger partial charge in [-0.15, -0.1) is 0 Å². The van der Waals surface area contributed by atoms with Crippen LogP contribution >= 0.6 is 0 Å². The number of hydrogen-bond acceptors (Lipinski definition) is 1. The van der Waals surface area contributed by atoms with Crippen molar-refractivity contribution < 1.29 is 0 Å². The SMILES string of the molecule is Cc1cc(C)n2c(cc3ccccc32)n1. The maximum Gasteiger partial charge on any atom is 0.138 e. The van der Waals surface area contributed by atoms with Gasteiger partial charge in [0.25, 0.3) is 0 Å². The molecule has 2 nitrogen and oxygen atoms in total. The maximum absolute atomic E-state index is 4.54. The van der Waals surface area contributed by atoms with E-state index in [4.69, 9.17) is 0 Å². The Labute approximate surface area is 88.2 Å². The minimum absolute atomic E-state index is 1.04. The first kappa shape index (κ1) is 8.48. The summed E-state index contributed by atoms with van der Waals surface area (Å²) in [5.41, 5.74) is 4.58. The summed E-state index contributed by atoms with van der Waals surface area (Å²) in [5.74, 6) is 0. The van der Waals surface area contributed by atoms with E-state index in [-0.39, 0.29) is 0 Å². The fourth-order valence-electron chi connectivity index (χ4n) is 2.17. The van der Waals surface area contributed by atoms with Crippen LogP contribution in [-0.2, 0) is 0 Å². The predicted molar refractivity (Wildman–Crippen MR) is 62.2 cm³/mol. The summed E-state index contributed by atoms with van der Waals surface area (Å²) < 4.78 is 2.20. The van der Waals surface area contributed by atoms with E-state index in [2.05, 4.69) is 52.7 Å². The topological polar surface area (TPSA) is 17.3 Å². The molecule has 0 fully saturated rings. The fraction of sp³-hybridized carbons (Fsp3) is 0.154. The number of hydrogen-bond donors (Lipinski definition) is 0. The number of para-hydroxylation sites is 1. The van der Waals surface area contributed by atoms with Crippen LogP contribution in [0.5, 0.6) is 0 Å². The van der Waals surface area contributed by atoms with Crippen molar-refractivity contribution in [3.8, 4) is 0 Å². The lowest BCUT2D eigenvalue weighted by Gasteiger charge is -2.03. The molecule has 3 rings (SSSR count). The lowest BCUT2D eigenvalue weighted by Crippen LogP contribution is -1.94. The van der Waals surface area contributed by atoms with Crippen LogP contribution in [0.3, 0.4) is 0 Å². The molecule has 0 aliphatic heterocycles. The zero-order chi connectivity index (χ0) is 10.4. The molecule has 0 aliphatic rings. The van der Waals surface area contributed by atoms with E-state index in [0.717, 1.165) is 11.3 Å². The zero-order valence-electron chi connectivity index (χ0n) is 8.86. The number of aryl methyl sites for hydroxylation is 2. The van der Waals surface area contributed by atoms with Crippen molar-refractivity contribution in [2.24, 2.45) is 0 Å². The van der Waals surface area contributed by atoms with E-state index in [1.807, 2.05) is 6.92 Å². The van der Waals surface area contributed by atoms with Gasteiger partial charge < -0.3 is 0 Å². The summed E-state index contributed by atoms with van der Waals surface area (Å²) >= 11 is 0. The molecule has 0 radical (unpaired) electrons. The normalized spacial score (nSPS) is 11.3. The third-order valence-electron chi connectivity index (χ3n) is 2.75. The highest BCUT2D eigenvalue weighted by atomic mass is 15.0. The lowest BCUT2D eigenvalue weighted by atomic mass is 10.2. The third kappa shape index (κ3) is 1.14. The monoisotopic (exact) mass is 196 g/mol. The summed E-state index contributed by atoms with van der Waals surface area (Å²) in [6.45, 7) is 4.15. The van der Waals surface area contributed by atoms with Gasteiger partial charge in [0.15, 0.2) is 0 Å². The van der Waals surface area contributed by atoms with E-state index in [1.165, 1.54) is 16.6 Å². The molecule has 0 bridgehead atoms. The smallest absolute Gasteiger partial charge is 0.138 e. The summed E-state index contributed by atoms with van der Waals surface area (Å²) in [4.78, 5) is 4.54. The highest BCUT2D eigenvalue weighted by Gasteiger charge is 2.05. The first-order valence-electron chi connectivity index (χ1n) is 5.10. The molecular weight excluding hydrogens is 184 g/mol. The molecule has 0 aliphatic carbocycles. The lowest BCUT2D eigenvalue weighted by molar-refractivity contribution is 1.05. The molecule has 0 N–H and O–H groups in total. The Hall–Kier alpha value is -1.83. The average Bonchev–Trinajstić information content (AvgIpc) is 2.54. The molecule has 0 saturated heterocycles. The summed E-state index contributed by atoms with van der Waals surface area (Å²) in [6.07, 6.45) is 0. The van der Waals surface area contributed by atoms with Crippen LogP contribution in [0.15, 0.2) is 36.4 Å². The van der Waals surface area contributed by atoms with Crippen molar-refractivity contribution in [1.29, 1.82) is 0 Å². The first-order valence-corrected chi connectivity index (χ1v) is 5.10. The minimum atomic E-state index is 1.04. The van der Waals surface area contributed by atoms with Gasteiger partial charge in [-0.05, 0) is 32.0 Å². The van der Waals surface area contributed by atoms with Crippen LogP contribution in [-0.4, -0.2) is 9.38 Å². The second-order valence-electron chi connectivity index (χ2n) is 3.94. The van der Waals surface area contributed by atoms with Crippen LogP contribution in [0.25, 0.3) is 16.6 Å². The number of nitrogens with zero attached hydrogens (tertiary/aromatic N) is 2. The van der Waals surface area contributed by atoms with Crippen LogP contribution in [0.4, 0.5) is 0 Å². The van der Waals surface area contributed by atoms with Gasteiger partial charge in [-0.2, -0.15) is 0 Å². The summed E-state index contributed by atoms with van der Waals surface area (Å²) in [7, 11) is 0. The molecular formula is C13H12N2. The third-order valence-corrected chi connectivity index (χ3v) is 2.75. The molecule has 3 aromatic rings. The molecule has 2 heterocycles. The maximum atomic E-state index is 4.54. The van der Waals surface area contributed by atoms with Crippen LogP contribution < -0.4 is 0 Å². The van der Waals surface area contributed by atoms with E-state index < -0.39 is 0 Å². The predicted octanol–water partition coefficient (Wildman–Crippen LogP) is 3.10. The van der Waals surface area contributed by atoms with Gasteiger partial charge in [0, 0.05) is 16.8 Å². The Balaban J connectivity index is 2.61. The molecule has 0 atom stereocenters. The second-order valence-corrected chi connectivity index (χ2v) is 3.94. The number of aromatic nitrogens is 2. The van der Waals surface area contributed by atoms with E-state index in [9.17, 15) is 0 Å². The van der Waals surface area contributed by atoms with E-state index >= 15 is 0 Å². The number of benzene rings is 1. The Morgan fingerprint density at radius 1 is 1.07 bits per heavy atom. The van der Waals surface area contributed by atoms with Gasteiger partial charge in [0.2, 0.25) is 0 Å². The van der Waals surface area contributed by atoms with Crippen LogP contribution in [0.1, 0.15) is 11.4 Å². The first-order chi connectivity index (χ1) is 7.25. The van der Waals surface area contributed by atoms with Gasteiger partial charge in [-0.25, -0.2) is 4.98 Å². The quantitative estimate of drug-likeness (QED) is 0.540. The van der Waals surface area contributed by atoms with Gasteiger partial charge in [0.05, 0.1) is 5.52 Å². The zero-order valence-corrected chi connectivity index (χ0v) is 8.86. The molecule has 0 spiro atoms. The molecule has 0 unspecified atom stereocenters. The van der Waals surface area contributed by atoms with Crippen molar-refractivity contribution in [2.45, 2.75) is 13.8 Å². The Bertz CT molecular complexity index is 650.